The molecule has 2 fully saturated rings. The largest absolute Gasteiger partial charge is 0.326 e. The number of hydrogen-bond donors (Lipinski definition) is 2. The molecule has 0 heterocycles. The maximum atomic E-state index is 12.8. The first-order valence-electron chi connectivity index (χ1n) is 10.6. The van der Waals surface area contributed by atoms with Crippen LogP contribution in [0.5, 0.6) is 0 Å². The van der Waals surface area contributed by atoms with Gasteiger partial charge in [-0.2, -0.15) is 0 Å². The second-order valence-electron chi connectivity index (χ2n) is 8.73. The lowest BCUT2D eigenvalue weighted by atomic mass is 9.84. The van der Waals surface area contributed by atoms with Crippen molar-refractivity contribution in [2.24, 2.45) is 17.8 Å². The van der Waals surface area contributed by atoms with Gasteiger partial charge in [0.1, 0.15) is 0 Å². The van der Waals surface area contributed by atoms with Crippen LogP contribution in [0.25, 0.3) is 0 Å². The molecular weight excluding hydrogens is 455 g/mol. The molecule has 2 aromatic carbocycles. The Hall–Kier alpha value is -1.60. The Morgan fingerprint density at radius 1 is 1.10 bits per heavy atom. The summed E-state index contributed by atoms with van der Waals surface area (Å²) in [5.74, 6) is 1.59. The molecule has 2 N–H and O–H groups in total. The molecule has 0 radical (unpaired) electrons. The Kier molecular flexibility index (Phi) is 6.63. The molecule has 166 valence electrons. The highest BCUT2D eigenvalue weighted by molar-refractivity contribution is 7.89. The first-order valence-corrected chi connectivity index (χ1v) is 12.8. The number of halogens is 2. The van der Waals surface area contributed by atoms with Crippen molar-refractivity contribution < 1.29 is 13.2 Å². The molecule has 8 heteroatoms. The van der Waals surface area contributed by atoms with E-state index in [2.05, 4.69) is 10.0 Å². The number of benzene rings is 2. The number of amides is 1. The summed E-state index contributed by atoms with van der Waals surface area (Å²) in [4.78, 5) is 12.5. The minimum Gasteiger partial charge on any atom is -0.326 e. The van der Waals surface area contributed by atoms with Crippen LogP contribution in [0.3, 0.4) is 0 Å². The molecule has 4 atom stereocenters. The van der Waals surface area contributed by atoms with Crippen molar-refractivity contribution in [1.29, 1.82) is 0 Å². The molecule has 31 heavy (non-hydrogen) atoms. The molecule has 2 aliphatic carbocycles. The van der Waals surface area contributed by atoms with Crippen molar-refractivity contribution in [3.63, 3.8) is 0 Å². The van der Waals surface area contributed by atoms with Crippen molar-refractivity contribution in [1.82, 2.24) is 4.72 Å². The van der Waals surface area contributed by atoms with Gasteiger partial charge in [-0.1, -0.05) is 35.7 Å². The van der Waals surface area contributed by atoms with Crippen LogP contribution in [0, 0.1) is 17.8 Å². The van der Waals surface area contributed by atoms with Crippen LogP contribution in [0.1, 0.15) is 38.2 Å². The molecule has 2 aliphatic rings. The highest BCUT2D eigenvalue weighted by Gasteiger charge is 2.42. The standard InChI is InChI=1S/C23H26Cl2N2O3S/c1-14(21-11-15-2-3-16(21)10-15)27-31(29,30)20-8-6-19(7-9-20)26-23(28)12-17-4-5-18(24)13-22(17)25/h4-9,13-16,21,27H,2-3,10-12H2,1H3,(H,26,28)/t14-,15-,16-,21+/m0/s1. The zero-order chi connectivity index (χ0) is 22.2. The molecule has 0 spiro atoms. The van der Waals surface area contributed by atoms with Gasteiger partial charge in [0.05, 0.1) is 11.3 Å². The van der Waals surface area contributed by atoms with Gasteiger partial charge in [-0.05, 0) is 85.9 Å². The van der Waals surface area contributed by atoms with E-state index in [1.54, 1.807) is 30.3 Å². The Morgan fingerprint density at radius 3 is 2.45 bits per heavy atom. The van der Waals surface area contributed by atoms with E-state index in [0.29, 0.717) is 33.1 Å². The van der Waals surface area contributed by atoms with Crippen LogP contribution in [-0.4, -0.2) is 20.4 Å². The van der Waals surface area contributed by atoms with E-state index in [1.807, 2.05) is 6.92 Å². The normalized spacial score (nSPS) is 23.6. The maximum absolute atomic E-state index is 12.8. The number of fused-ring (bicyclic) bond motifs is 2. The second-order valence-corrected chi connectivity index (χ2v) is 11.3. The molecule has 4 rings (SSSR count). The number of sulfonamides is 1. The fraction of sp³-hybridized carbons (Fsp3) is 0.435. The SMILES string of the molecule is C[C@H](NS(=O)(=O)c1ccc(NC(=O)Cc2ccc(Cl)cc2Cl)cc1)[C@H]1C[C@H]2CC[C@H]1C2. The van der Waals surface area contributed by atoms with Crippen LogP contribution < -0.4 is 10.0 Å². The van der Waals surface area contributed by atoms with E-state index in [1.165, 1.54) is 31.4 Å². The van der Waals surface area contributed by atoms with E-state index in [0.717, 1.165) is 12.3 Å². The lowest BCUT2D eigenvalue weighted by Crippen LogP contribution is -2.40. The molecule has 2 aromatic rings. The third-order valence-corrected chi connectivity index (χ3v) is 8.75. The van der Waals surface area contributed by atoms with Crippen LogP contribution in [0.4, 0.5) is 5.69 Å². The highest BCUT2D eigenvalue weighted by atomic mass is 35.5. The third kappa shape index (κ3) is 5.25. The third-order valence-electron chi connectivity index (χ3n) is 6.59. The van der Waals surface area contributed by atoms with Gasteiger partial charge in [-0.25, -0.2) is 13.1 Å². The smallest absolute Gasteiger partial charge is 0.240 e. The first-order chi connectivity index (χ1) is 14.7. The zero-order valence-corrected chi connectivity index (χ0v) is 19.6. The van der Waals surface area contributed by atoms with Gasteiger partial charge in [-0.15, -0.1) is 0 Å². The predicted molar refractivity (Wildman–Crippen MR) is 124 cm³/mol. The Balaban J connectivity index is 1.36. The molecule has 0 aliphatic heterocycles. The first kappa shape index (κ1) is 22.6. The molecule has 5 nitrogen and oxygen atoms in total. The molecule has 1 amide bonds. The van der Waals surface area contributed by atoms with Gasteiger partial charge in [0.15, 0.2) is 0 Å². The minimum absolute atomic E-state index is 0.0798. The van der Waals surface area contributed by atoms with E-state index in [-0.39, 0.29) is 23.3 Å². The number of hydrogen-bond acceptors (Lipinski definition) is 3. The summed E-state index contributed by atoms with van der Waals surface area (Å²) < 4.78 is 28.5. The fourth-order valence-corrected chi connectivity index (χ4v) is 6.84. The van der Waals surface area contributed by atoms with Crippen LogP contribution in [-0.2, 0) is 21.2 Å². The van der Waals surface area contributed by atoms with Gasteiger partial charge >= 0.3 is 0 Å². The van der Waals surface area contributed by atoms with Crippen molar-refractivity contribution in [3.05, 3.63) is 58.1 Å². The van der Waals surface area contributed by atoms with E-state index >= 15 is 0 Å². The molecule has 2 saturated carbocycles. The molecule has 0 saturated heterocycles. The molecular formula is C23H26Cl2N2O3S. The lowest BCUT2D eigenvalue weighted by molar-refractivity contribution is -0.115. The molecule has 0 unspecified atom stereocenters. The zero-order valence-electron chi connectivity index (χ0n) is 17.3. The summed E-state index contributed by atoms with van der Waals surface area (Å²) in [6.07, 6.45) is 4.97. The van der Waals surface area contributed by atoms with Gasteiger partial charge in [0.2, 0.25) is 15.9 Å². The summed E-state index contributed by atoms with van der Waals surface area (Å²) in [5, 5.41) is 3.71. The predicted octanol–water partition coefficient (Wildman–Crippen LogP) is 5.28. The summed E-state index contributed by atoms with van der Waals surface area (Å²) in [5.41, 5.74) is 1.19. The molecule has 2 bridgehead atoms. The average Bonchev–Trinajstić information content (AvgIpc) is 3.34. The summed E-state index contributed by atoms with van der Waals surface area (Å²) in [7, 11) is -3.61. The topological polar surface area (TPSA) is 75.3 Å². The minimum atomic E-state index is -3.61. The van der Waals surface area contributed by atoms with Gasteiger partial charge < -0.3 is 5.32 Å². The summed E-state index contributed by atoms with van der Waals surface area (Å²) in [6.45, 7) is 1.97. The number of carbonyl (C=O) groups excluding carboxylic acids is 1. The Morgan fingerprint density at radius 2 is 1.84 bits per heavy atom. The summed E-state index contributed by atoms with van der Waals surface area (Å²) >= 11 is 12.0. The van der Waals surface area contributed by atoms with Crippen LogP contribution in [0.2, 0.25) is 10.0 Å². The van der Waals surface area contributed by atoms with Crippen molar-refractivity contribution in [2.45, 2.75) is 50.0 Å². The van der Waals surface area contributed by atoms with Crippen LogP contribution >= 0.6 is 23.2 Å². The number of anilines is 1. The molecule has 0 aromatic heterocycles. The maximum Gasteiger partial charge on any atom is 0.240 e. The number of carbonyl (C=O) groups is 1. The van der Waals surface area contributed by atoms with Crippen molar-refractivity contribution in [2.75, 3.05) is 5.32 Å². The monoisotopic (exact) mass is 480 g/mol. The van der Waals surface area contributed by atoms with Gasteiger partial charge in [0.25, 0.3) is 0 Å². The number of nitrogens with one attached hydrogen (secondary N) is 2. The Labute approximate surface area is 193 Å². The lowest BCUT2D eigenvalue weighted by Gasteiger charge is -2.28. The average molecular weight is 481 g/mol. The van der Waals surface area contributed by atoms with Gasteiger partial charge in [0, 0.05) is 21.8 Å². The van der Waals surface area contributed by atoms with E-state index in [4.69, 9.17) is 23.2 Å². The van der Waals surface area contributed by atoms with Crippen molar-refractivity contribution in [3.8, 4) is 0 Å². The van der Waals surface area contributed by atoms with E-state index < -0.39 is 10.0 Å². The van der Waals surface area contributed by atoms with Crippen LogP contribution in [0.15, 0.2) is 47.4 Å². The number of rotatable bonds is 7. The van der Waals surface area contributed by atoms with Gasteiger partial charge in [-0.3, -0.25) is 4.79 Å². The van der Waals surface area contributed by atoms with Crippen molar-refractivity contribution >= 4 is 44.8 Å². The second kappa shape index (κ2) is 9.10. The fourth-order valence-electron chi connectivity index (χ4n) is 5.07. The Bertz CT molecular complexity index is 1070. The summed E-state index contributed by atoms with van der Waals surface area (Å²) in [6, 6.07) is 11.1. The van der Waals surface area contributed by atoms with E-state index in [9.17, 15) is 13.2 Å². The highest BCUT2D eigenvalue weighted by Crippen LogP contribution is 2.49. The quantitative estimate of drug-likeness (QED) is 0.565.